The van der Waals surface area contributed by atoms with Crippen molar-refractivity contribution < 1.29 is 13.6 Å². The Bertz CT molecular complexity index is 1230. The predicted octanol–water partition coefficient (Wildman–Crippen LogP) is 1.17. The predicted molar refractivity (Wildman–Crippen MR) is 121 cm³/mol. The molecular weight excluding hydrogens is 454 g/mol. The van der Waals surface area contributed by atoms with Gasteiger partial charge in [0.2, 0.25) is 5.91 Å². The zero-order chi connectivity index (χ0) is 23.3. The summed E-state index contributed by atoms with van der Waals surface area (Å²) < 4.78 is 25.0. The summed E-state index contributed by atoms with van der Waals surface area (Å²) in [6, 6.07) is 6.34. The van der Waals surface area contributed by atoms with Crippen LogP contribution in [0.4, 0.5) is 5.69 Å². The fraction of sp³-hybridized carbons (Fsp3) is 0.300. The van der Waals surface area contributed by atoms with Gasteiger partial charge in [0.1, 0.15) is 11.6 Å². The molecule has 0 aliphatic rings. The van der Waals surface area contributed by atoms with Crippen molar-refractivity contribution in [3.63, 3.8) is 0 Å². The zero-order valence-electron chi connectivity index (χ0n) is 17.4. The summed E-state index contributed by atoms with van der Waals surface area (Å²) in [5, 5.41) is 5.58. The highest BCUT2D eigenvalue weighted by molar-refractivity contribution is 7.80. The number of thiazole rings is 1. The topological polar surface area (TPSA) is 149 Å². The van der Waals surface area contributed by atoms with Crippen LogP contribution in [0.15, 0.2) is 45.4 Å². The van der Waals surface area contributed by atoms with E-state index < -0.39 is 34.5 Å². The van der Waals surface area contributed by atoms with Gasteiger partial charge in [-0.05, 0) is 37.5 Å². The first-order chi connectivity index (χ1) is 15.2. The van der Waals surface area contributed by atoms with E-state index in [1.807, 2.05) is 12.3 Å². The first-order valence-corrected chi connectivity index (χ1v) is 11.7. The molecule has 0 saturated heterocycles. The first kappa shape index (κ1) is 23.6. The molecule has 0 aliphatic heterocycles. The molecule has 0 fully saturated rings. The summed E-state index contributed by atoms with van der Waals surface area (Å²) in [6.45, 7) is 3.29. The van der Waals surface area contributed by atoms with E-state index in [0.29, 0.717) is 17.7 Å². The number of nitrogens with one attached hydrogen (secondary N) is 3. The van der Waals surface area contributed by atoms with Gasteiger partial charge in [0.05, 0.1) is 11.7 Å². The number of carbonyl (C=O) groups excluding carboxylic acids is 1. The van der Waals surface area contributed by atoms with Crippen LogP contribution in [0.25, 0.3) is 0 Å². The smallest absolute Gasteiger partial charge is 0.328 e. The molecule has 1 aromatic carbocycles. The molecule has 1 amide bonds. The van der Waals surface area contributed by atoms with Gasteiger partial charge in [-0.2, -0.15) is 0 Å². The molecule has 170 valence electrons. The number of nitrogens with zero attached hydrogens (tertiary/aromatic N) is 2. The fourth-order valence-corrected chi connectivity index (χ4v) is 4.30. The maximum atomic E-state index is 12.7. The molecule has 0 radical (unpaired) electrons. The summed E-state index contributed by atoms with van der Waals surface area (Å²) in [5.74, 6) is -0.406. The largest absolute Gasteiger partial charge is 0.755 e. The number of rotatable bonds is 9. The highest BCUT2D eigenvalue weighted by atomic mass is 32.2. The monoisotopic (exact) mass is 476 g/mol. The van der Waals surface area contributed by atoms with Crippen molar-refractivity contribution >= 4 is 34.2 Å². The number of hydrogen-bond donors (Lipinski definition) is 3. The molecule has 1 unspecified atom stereocenters. The van der Waals surface area contributed by atoms with Gasteiger partial charge in [-0.25, -0.2) is 9.78 Å². The van der Waals surface area contributed by atoms with E-state index in [1.165, 1.54) is 17.5 Å². The van der Waals surface area contributed by atoms with Crippen molar-refractivity contribution in [3.8, 4) is 0 Å². The van der Waals surface area contributed by atoms with Crippen molar-refractivity contribution in [1.29, 1.82) is 0 Å². The quantitative estimate of drug-likeness (QED) is 0.395. The molecule has 2 heterocycles. The average Bonchev–Trinajstić information content (AvgIpc) is 3.22. The van der Waals surface area contributed by atoms with E-state index in [-0.39, 0.29) is 6.54 Å². The average molecular weight is 477 g/mol. The molecule has 2 aromatic heterocycles. The lowest BCUT2D eigenvalue weighted by Crippen LogP contribution is -2.38. The van der Waals surface area contributed by atoms with Crippen molar-refractivity contribution in [2.24, 2.45) is 0 Å². The highest BCUT2D eigenvalue weighted by Crippen LogP contribution is 2.23. The number of hydrogen-bond acceptors (Lipinski definition) is 7. The van der Waals surface area contributed by atoms with Gasteiger partial charge in [0.25, 0.3) is 5.56 Å². The third-order valence-corrected chi connectivity index (χ3v) is 6.07. The second kappa shape index (κ2) is 10.5. The van der Waals surface area contributed by atoms with Crippen LogP contribution in [0.2, 0.25) is 0 Å². The van der Waals surface area contributed by atoms with Crippen LogP contribution in [0, 0.1) is 6.92 Å². The second-order valence-corrected chi connectivity index (χ2v) is 8.65. The molecule has 0 aliphatic carbocycles. The molecule has 32 heavy (non-hydrogen) atoms. The van der Waals surface area contributed by atoms with E-state index in [0.717, 1.165) is 27.3 Å². The van der Waals surface area contributed by atoms with Gasteiger partial charge < -0.3 is 14.6 Å². The standard InChI is InChI=1S/C20H23N5O5S2/c1-3-14-11-31-19(21-14)16(8-13-4-6-15(7-5-13)24-32(29)30)22-17(26)10-25-9-12(2)18(27)23-20(25)28/h4-7,9,11,16,24H,3,8,10H2,1-2H3,(H,22,26)(H,29,30)(H,23,27,28)/p-1/t16-/m0/s1. The minimum absolute atomic E-state index is 0.253. The SMILES string of the molecule is CCc1csc([C@H](Cc2ccc(NS(=O)[O-])cc2)NC(=O)Cn2cc(C)c(=O)[nH]c2=O)n1. The Morgan fingerprint density at radius 2 is 2.03 bits per heavy atom. The minimum atomic E-state index is -2.41. The number of aromatic nitrogens is 3. The maximum absolute atomic E-state index is 12.7. The van der Waals surface area contributed by atoms with Gasteiger partial charge >= 0.3 is 5.69 Å². The van der Waals surface area contributed by atoms with E-state index in [2.05, 4.69) is 20.0 Å². The van der Waals surface area contributed by atoms with Crippen LogP contribution >= 0.6 is 11.3 Å². The van der Waals surface area contributed by atoms with Crippen LogP contribution in [-0.2, 0) is 35.4 Å². The van der Waals surface area contributed by atoms with Gasteiger partial charge in [0, 0.05) is 34.1 Å². The van der Waals surface area contributed by atoms with Crippen LogP contribution in [0.5, 0.6) is 0 Å². The molecule has 2 atom stereocenters. The number of anilines is 1. The Hall–Kier alpha value is -3.09. The Kier molecular flexibility index (Phi) is 7.72. The number of H-pyrrole nitrogens is 1. The van der Waals surface area contributed by atoms with Gasteiger partial charge in [0.15, 0.2) is 0 Å². The van der Waals surface area contributed by atoms with Gasteiger partial charge in [-0.1, -0.05) is 19.1 Å². The van der Waals surface area contributed by atoms with Crippen molar-refractivity contribution in [2.75, 3.05) is 4.72 Å². The number of aromatic amines is 1. The van der Waals surface area contributed by atoms with Crippen molar-refractivity contribution in [1.82, 2.24) is 19.9 Å². The Balaban J connectivity index is 1.79. The molecule has 3 N–H and O–H groups in total. The zero-order valence-corrected chi connectivity index (χ0v) is 19.0. The lowest BCUT2D eigenvalue weighted by molar-refractivity contribution is -0.122. The third kappa shape index (κ3) is 6.22. The van der Waals surface area contributed by atoms with Gasteiger partial charge in [-0.15, -0.1) is 11.3 Å². The summed E-state index contributed by atoms with van der Waals surface area (Å²) in [5.41, 5.74) is 1.39. The fourth-order valence-electron chi connectivity index (χ4n) is 3.02. The van der Waals surface area contributed by atoms with E-state index >= 15 is 0 Å². The molecule has 12 heteroatoms. The van der Waals surface area contributed by atoms with Crippen molar-refractivity contribution in [3.05, 3.63) is 78.5 Å². The van der Waals surface area contributed by atoms with E-state index in [1.54, 1.807) is 31.2 Å². The number of aryl methyl sites for hydroxylation is 2. The van der Waals surface area contributed by atoms with E-state index in [9.17, 15) is 23.1 Å². The van der Waals surface area contributed by atoms with Gasteiger partial charge in [-0.3, -0.25) is 23.3 Å². The van der Waals surface area contributed by atoms with Crippen LogP contribution in [0.3, 0.4) is 0 Å². The normalized spacial score (nSPS) is 12.8. The number of benzene rings is 1. The summed E-state index contributed by atoms with van der Waals surface area (Å²) in [7, 11) is 0. The lowest BCUT2D eigenvalue weighted by Gasteiger charge is -2.18. The number of amides is 1. The molecule has 10 nitrogen and oxygen atoms in total. The Morgan fingerprint density at radius 1 is 1.31 bits per heavy atom. The second-order valence-electron chi connectivity index (χ2n) is 7.09. The summed E-state index contributed by atoms with van der Waals surface area (Å²) in [6.07, 6.45) is 2.53. The molecule has 0 bridgehead atoms. The van der Waals surface area contributed by atoms with Crippen LogP contribution < -0.4 is 21.3 Å². The van der Waals surface area contributed by atoms with Crippen LogP contribution in [0.1, 0.15) is 34.8 Å². The first-order valence-electron chi connectivity index (χ1n) is 9.74. The maximum Gasteiger partial charge on any atom is 0.328 e. The molecule has 3 aromatic rings. The minimum Gasteiger partial charge on any atom is -0.755 e. The number of carbonyl (C=O) groups is 1. The summed E-state index contributed by atoms with van der Waals surface area (Å²) >= 11 is -0.977. The van der Waals surface area contributed by atoms with Crippen LogP contribution in [-0.4, -0.2) is 29.2 Å². The lowest BCUT2D eigenvalue weighted by atomic mass is 10.1. The Labute approximate surface area is 190 Å². The molecular formula is C20H22N5O5S2-. The van der Waals surface area contributed by atoms with Crippen molar-refractivity contribution in [2.45, 2.75) is 39.3 Å². The molecule has 0 spiro atoms. The Morgan fingerprint density at radius 3 is 2.66 bits per heavy atom. The molecule has 0 saturated carbocycles. The van der Waals surface area contributed by atoms with E-state index in [4.69, 9.17) is 0 Å². The third-order valence-electron chi connectivity index (χ3n) is 4.66. The molecule has 3 rings (SSSR count). The summed E-state index contributed by atoms with van der Waals surface area (Å²) in [4.78, 5) is 43.0. The highest BCUT2D eigenvalue weighted by Gasteiger charge is 2.19.